The number of aromatic nitrogens is 2. The highest BCUT2D eigenvalue weighted by Gasteiger charge is 2.40. The van der Waals surface area contributed by atoms with Gasteiger partial charge in [-0.3, -0.25) is 4.79 Å². The summed E-state index contributed by atoms with van der Waals surface area (Å²) in [4.78, 5) is 23.0. The second-order valence-electron chi connectivity index (χ2n) is 7.05. The summed E-state index contributed by atoms with van der Waals surface area (Å²) in [5.74, 6) is 1.05. The van der Waals surface area contributed by atoms with Crippen molar-refractivity contribution in [2.24, 2.45) is 0 Å². The smallest absolute Gasteiger partial charge is 0.229 e. The molecule has 2 aliphatic heterocycles. The summed E-state index contributed by atoms with van der Waals surface area (Å²) in [5, 5.41) is 3.22. The molecule has 1 N–H and O–H groups in total. The summed E-state index contributed by atoms with van der Waals surface area (Å²) in [5.41, 5.74) is 2.34. The van der Waals surface area contributed by atoms with Crippen LogP contribution >= 0.6 is 0 Å². The van der Waals surface area contributed by atoms with E-state index in [0.29, 0.717) is 24.7 Å². The van der Waals surface area contributed by atoms with Gasteiger partial charge in [0.1, 0.15) is 5.82 Å². The predicted octanol–water partition coefficient (Wildman–Crippen LogP) is 3.07. The number of benzene rings is 1. The number of hydrogen-bond acceptors (Lipinski definition) is 7. The van der Waals surface area contributed by atoms with Gasteiger partial charge in [0, 0.05) is 48.9 Å². The van der Waals surface area contributed by atoms with Gasteiger partial charge in [-0.25, -0.2) is 4.98 Å². The van der Waals surface area contributed by atoms with Crippen molar-refractivity contribution in [3.05, 3.63) is 41.6 Å². The van der Waals surface area contributed by atoms with Crippen LogP contribution < -0.4 is 10.2 Å². The Hall–Kier alpha value is -2.51. The van der Waals surface area contributed by atoms with Crippen molar-refractivity contribution >= 4 is 23.2 Å². The van der Waals surface area contributed by atoms with Gasteiger partial charge >= 0.3 is 0 Å². The molecule has 2 aromatic rings. The van der Waals surface area contributed by atoms with Gasteiger partial charge in [-0.15, -0.1) is 0 Å². The molecule has 0 saturated carbocycles. The second kappa shape index (κ2) is 7.25. The van der Waals surface area contributed by atoms with Crippen LogP contribution in [0.1, 0.15) is 35.8 Å². The molecule has 142 valence electrons. The Bertz CT molecular complexity index is 839. The molecule has 1 aromatic heterocycles. The van der Waals surface area contributed by atoms with E-state index in [0.717, 1.165) is 43.1 Å². The lowest BCUT2D eigenvalue weighted by molar-refractivity contribution is -0.169. The van der Waals surface area contributed by atoms with Crippen LogP contribution in [0.3, 0.4) is 0 Å². The first-order valence-electron chi connectivity index (χ1n) is 9.30. The molecule has 27 heavy (non-hydrogen) atoms. The summed E-state index contributed by atoms with van der Waals surface area (Å²) in [7, 11) is 0. The monoisotopic (exact) mass is 368 g/mol. The van der Waals surface area contributed by atoms with Crippen LogP contribution in [0.25, 0.3) is 0 Å². The van der Waals surface area contributed by atoms with Crippen molar-refractivity contribution in [1.82, 2.24) is 9.97 Å². The molecule has 1 spiro atoms. The number of piperidine rings is 1. The first-order chi connectivity index (χ1) is 13.0. The fraction of sp³-hybridized carbons (Fsp3) is 0.450. The molecule has 2 fully saturated rings. The number of rotatable bonds is 4. The van der Waals surface area contributed by atoms with E-state index in [1.54, 1.807) is 13.0 Å². The molecule has 4 rings (SSSR count). The first-order valence-corrected chi connectivity index (χ1v) is 9.30. The number of ketones is 1. The fourth-order valence-corrected chi connectivity index (χ4v) is 3.58. The molecule has 0 unspecified atom stereocenters. The maximum atomic E-state index is 11.6. The number of hydrogen-bond donors (Lipinski definition) is 1. The third-order valence-corrected chi connectivity index (χ3v) is 5.03. The van der Waals surface area contributed by atoms with Crippen LogP contribution in [-0.2, 0) is 9.47 Å². The molecule has 3 heterocycles. The zero-order valence-corrected chi connectivity index (χ0v) is 15.7. The molecule has 0 radical (unpaired) electrons. The number of carbonyl (C=O) groups is 1. The normalized spacial score (nSPS) is 18.7. The van der Waals surface area contributed by atoms with Gasteiger partial charge in [-0.05, 0) is 26.0 Å². The van der Waals surface area contributed by atoms with E-state index in [1.165, 1.54) is 0 Å². The number of nitrogens with one attached hydrogen (secondary N) is 1. The van der Waals surface area contributed by atoms with E-state index in [1.807, 2.05) is 31.2 Å². The van der Waals surface area contributed by atoms with E-state index in [4.69, 9.17) is 9.47 Å². The van der Waals surface area contributed by atoms with Gasteiger partial charge < -0.3 is 19.7 Å². The van der Waals surface area contributed by atoms with Crippen molar-refractivity contribution in [2.75, 3.05) is 36.5 Å². The van der Waals surface area contributed by atoms with E-state index in [9.17, 15) is 4.79 Å². The molecular formula is C20H24N4O3. The minimum atomic E-state index is -0.396. The maximum absolute atomic E-state index is 11.6. The maximum Gasteiger partial charge on any atom is 0.229 e. The van der Waals surface area contributed by atoms with E-state index in [2.05, 4.69) is 20.2 Å². The van der Waals surface area contributed by atoms with Crippen molar-refractivity contribution in [3.63, 3.8) is 0 Å². The number of anilines is 3. The fourth-order valence-electron chi connectivity index (χ4n) is 3.58. The zero-order valence-electron chi connectivity index (χ0n) is 15.7. The Labute approximate surface area is 158 Å². The molecule has 1 aromatic carbocycles. The molecule has 7 heteroatoms. The summed E-state index contributed by atoms with van der Waals surface area (Å²) in [6.45, 7) is 6.53. The number of Topliss-reactive ketones (excluding diaryl/α,β-unsaturated/α-hetero) is 1. The molecule has 0 atom stereocenters. The van der Waals surface area contributed by atoms with E-state index >= 15 is 0 Å². The zero-order chi connectivity index (χ0) is 18.9. The Kier molecular flexibility index (Phi) is 4.80. The van der Waals surface area contributed by atoms with E-state index < -0.39 is 5.79 Å². The third kappa shape index (κ3) is 3.94. The lowest BCUT2D eigenvalue weighted by Crippen LogP contribution is -2.45. The summed E-state index contributed by atoms with van der Waals surface area (Å²) in [6.07, 6.45) is 1.67. The van der Waals surface area contributed by atoms with Crippen molar-refractivity contribution in [3.8, 4) is 0 Å². The number of ether oxygens (including phenoxy) is 2. The molecule has 0 aliphatic carbocycles. The number of carbonyl (C=O) groups excluding carboxylic acids is 1. The highest BCUT2D eigenvalue weighted by molar-refractivity contribution is 5.95. The molecule has 7 nitrogen and oxygen atoms in total. The molecule has 2 saturated heterocycles. The Morgan fingerprint density at radius 2 is 1.89 bits per heavy atom. The van der Waals surface area contributed by atoms with Crippen LogP contribution in [-0.4, -0.2) is 47.8 Å². The van der Waals surface area contributed by atoms with Crippen LogP contribution in [0.5, 0.6) is 0 Å². The lowest BCUT2D eigenvalue weighted by Gasteiger charge is -2.38. The van der Waals surface area contributed by atoms with Gasteiger partial charge in [0.25, 0.3) is 0 Å². The predicted molar refractivity (Wildman–Crippen MR) is 103 cm³/mol. The SMILES string of the molecule is CC(=O)c1cccc(Nc2nc(C)cc(N3CCC4(CC3)OCCO4)n2)c1. The summed E-state index contributed by atoms with van der Waals surface area (Å²) in [6, 6.07) is 9.35. The average molecular weight is 368 g/mol. The summed E-state index contributed by atoms with van der Waals surface area (Å²) >= 11 is 0. The average Bonchev–Trinajstić information content (AvgIpc) is 3.10. The van der Waals surface area contributed by atoms with Crippen LogP contribution in [0.2, 0.25) is 0 Å². The van der Waals surface area contributed by atoms with Gasteiger partial charge in [0.05, 0.1) is 13.2 Å². The Morgan fingerprint density at radius 3 is 2.59 bits per heavy atom. The van der Waals surface area contributed by atoms with Crippen molar-refractivity contribution in [1.29, 1.82) is 0 Å². The van der Waals surface area contributed by atoms with Crippen LogP contribution in [0.4, 0.5) is 17.5 Å². The van der Waals surface area contributed by atoms with Gasteiger partial charge in [0.2, 0.25) is 5.95 Å². The van der Waals surface area contributed by atoms with Crippen LogP contribution in [0, 0.1) is 6.92 Å². The number of aryl methyl sites for hydroxylation is 1. The minimum Gasteiger partial charge on any atom is -0.356 e. The molecule has 0 bridgehead atoms. The van der Waals surface area contributed by atoms with Crippen molar-refractivity contribution in [2.45, 2.75) is 32.5 Å². The highest BCUT2D eigenvalue weighted by atomic mass is 16.7. The standard InChI is InChI=1S/C20H24N4O3/c1-14-12-18(24-8-6-20(7-9-24)26-10-11-27-20)23-19(21-14)22-17-5-3-4-16(13-17)15(2)25/h3-5,12-13H,6-11H2,1-2H3,(H,21,22,23). The Balaban J connectivity index is 1.50. The summed E-state index contributed by atoms with van der Waals surface area (Å²) < 4.78 is 11.6. The molecule has 2 aliphatic rings. The number of nitrogens with zero attached hydrogens (tertiary/aromatic N) is 3. The highest BCUT2D eigenvalue weighted by Crippen LogP contribution is 2.33. The largest absolute Gasteiger partial charge is 0.356 e. The second-order valence-corrected chi connectivity index (χ2v) is 7.05. The van der Waals surface area contributed by atoms with Gasteiger partial charge in [0.15, 0.2) is 11.6 Å². The van der Waals surface area contributed by atoms with Crippen molar-refractivity contribution < 1.29 is 14.3 Å². The topological polar surface area (TPSA) is 76.6 Å². The quantitative estimate of drug-likeness (QED) is 0.831. The Morgan fingerprint density at radius 1 is 1.15 bits per heavy atom. The third-order valence-electron chi connectivity index (χ3n) is 5.03. The molecular weight excluding hydrogens is 344 g/mol. The van der Waals surface area contributed by atoms with Gasteiger partial charge in [-0.1, -0.05) is 12.1 Å². The van der Waals surface area contributed by atoms with E-state index in [-0.39, 0.29) is 5.78 Å². The van der Waals surface area contributed by atoms with Gasteiger partial charge in [-0.2, -0.15) is 4.98 Å². The molecule has 0 amide bonds. The van der Waals surface area contributed by atoms with Crippen LogP contribution in [0.15, 0.2) is 30.3 Å². The lowest BCUT2D eigenvalue weighted by atomic mass is 10.0. The first kappa shape index (κ1) is 17.9. The minimum absolute atomic E-state index is 0.0306.